The van der Waals surface area contributed by atoms with Gasteiger partial charge in [-0.1, -0.05) is 0 Å². The Morgan fingerprint density at radius 1 is 1.06 bits per heavy atom. The summed E-state index contributed by atoms with van der Waals surface area (Å²) in [5.74, 6) is 0. The lowest BCUT2D eigenvalue weighted by atomic mass is 10.5. The van der Waals surface area contributed by atoms with Gasteiger partial charge in [0.05, 0.1) is 0 Å². The first-order valence-electron chi connectivity index (χ1n) is 5.77. The van der Waals surface area contributed by atoms with Crippen LogP contribution in [-0.2, 0) is 0 Å². The van der Waals surface area contributed by atoms with Crippen molar-refractivity contribution in [1.82, 2.24) is 26.6 Å². The summed E-state index contributed by atoms with van der Waals surface area (Å²) in [6.45, 7) is 4.45. The number of rotatable bonds is 11. The van der Waals surface area contributed by atoms with Crippen LogP contribution in [-0.4, -0.2) is 58.6 Å². The molecule has 0 aromatic heterocycles. The lowest BCUT2D eigenvalue weighted by Crippen LogP contribution is -2.52. The Kier molecular flexibility index (Phi) is 10.9. The van der Waals surface area contributed by atoms with Crippen LogP contribution in [0.5, 0.6) is 0 Å². The number of amides is 2. The fraction of sp³-hybridized carbons (Fsp3) is 0.889. The number of nitrogens with one attached hydrogen (secondary N) is 5. The van der Waals surface area contributed by atoms with Gasteiger partial charge in [0.25, 0.3) is 0 Å². The van der Waals surface area contributed by atoms with E-state index in [9.17, 15) is 4.79 Å². The molecule has 0 aliphatic rings. The van der Waals surface area contributed by atoms with Crippen molar-refractivity contribution in [2.45, 2.75) is 6.29 Å². The monoisotopic (exact) mass is 247 g/mol. The van der Waals surface area contributed by atoms with Gasteiger partial charge in [-0.25, -0.2) is 4.79 Å². The summed E-state index contributed by atoms with van der Waals surface area (Å²) < 4.78 is 0. The summed E-state index contributed by atoms with van der Waals surface area (Å²) in [6, 6.07) is -0.499. The molecule has 1 unspecified atom stereocenters. The molecule has 0 aromatic carbocycles. The zero-order valence-corrected chi connectivity index (χ0v) is 10.4. The van der Waals surface area contributed by atoms with E-state index < -0.39 is 6.03 Å². The smallest absolute Gasteiger partial charge is 0.312 e. The number of likely N-dealkylation sites (N-methyl/N-ethyl adjacent to an activating group) is 1. The van der Waals surface area contributed by atoms with Crippen molar-refractivity contribution in [3.8, 4) is 0 Å². The Hall–Kier alpha value is -0.930. The van der Waals surface area contributed by atoms with E-state index in [1.54, 1.807) is 0 Å². The molecular weight excluding hydrogens is 222 g/mol. The number of urea groups is 1. The molecule has 0 rings (SSSR count). The molecule has 9 N–H and O–H groups in total. The minimum absolute atomic E-state index is 0.200. The number of primary amides is 1. The highest BCUT2D eigenvalue weighted by atomic mass is 16.2. The second kappa shape index (κ2) is 11.6. The summed E-state index contributed by atoms with van der Waals surface area (Å²) in [7, 11) is 1.89. The van der Waals surface area contributed by atoms with Crippen molar-refractivity contribution < 1.29 is 4.79 Å². The topological polar surface area (TPSA) is 129 Å². The molecule has 0 radical (unpaired) electrons. The van der Waals surface area contributed by atoms with E-state index in [0.29, 0.717) is 13.1 Å². The molecule has 0 saturated heterocycles. The molecule has 8 nitrogen and oxygen atoms in total. The maximum absolute atomic E-state index is 10.3. The quantitative estimate of drug-likeness (QED) is 0.153. The van der Waals surface area contributed by atoms with E-state index in [0.717, 1.165) is 26.2 Å². The van der Waals surface area contributed by atoms with Crippen molar-refractivity contribution in [3.63, 3.8) is 0 Å². The first kappa shape index (κ1) is 16.1. The highest BCUT2D eigenvalue weighted by Crippen LogP contribution is 1.66. The number of carbonyl (C=O) groups is 1. The molecule has 0 saturated carbocycles. The minimum atomic E-state index is -0.499. The Bertz CT molecular complexity index is 190. The molecule has 17 heavy (non-hydrogen) atoms. The van der Waals surface area contributed by atoms with Crippen LogP contribution in [0.25, 0.3) is 0 Å². The first-order valence-corrected chi connectivity index (χ1v) is 5.77. The Balaban J connectivity index is 3.13. The molecule has 0 aliphatic heterocycles. The molecular formula is C9H25N7O. The van der Waals surface area contributed by atoms with Gasteiger partial charge < -0.3 is 27.4 Å². The zero-order chi connectivity index (χ0) is 12.9. The van der Waals surface area contributed by atoms with E-state index in [1.165, 1.54) is 0 Å². The highest BCUT2D eigenvalue weighted by molar-refractivity contribution is 5.71. The molecule has 2 amide bonds. The van der Waals surface area contributed by atoms with Gasteiger partial charge in [-0.15, -0.1) is 0 Å². The van der Waals surface area contributed by atoms with Gasteiger partial charge in [-0.2, -0.15) is 0 Å². The summed E-state index contributed by atoms with van der Waals surface area (Å²) >= 11 is 0. The predicted octanol–water partition coefficient (Wildman–Crippen LogP) is -3.11. The Labute approximate surface area is 102 Å². The normalized spacial score (nSPS) is 12.4. The van der Waals surface area contributed by atoms with Gasteiger partial charge in [0, 0.05) is 39.3 Å². The Morgan fingerprint density at radius 2 is 1.65 bits per heavy atom. The van der Waals surface area contributed by atoms with E-state index in [1.807, 2.05) is 7.05 Å². The van der Waals surface area contributed by atoms with Crippen molar-refractivity contribution in [2.24, 2.45) is 11.5 Å². The number of nitrogens with two attached hydrogens (primary N) is 2. The van der Waals surface area contributed by atoms with E-state index in [-0.39, 0.29) is 6.29 Å². The molecule has 0 heterocycles. The van der Waals surface area contributed by atoms with Gasteiger partial charge in [0.15, 0.2) is 0 Å². The lowest BCUT2D eigenvalue weighted by Gasteiger charge is -2.15. The van der Waals surface area contributed by atoms with Crippen LogP contribution in [0.15, 0.2) is 0 Å². The summed E-state index contributed by atoms with van der Waals surface area (Å²) in [6.07, 6.45) is -0.200. The molecule has 102 valence electrons. The summed E-state index contributed by atoms with van der Waals surface area (Å²) in [5, 5.41) is 14.9. The molecule has 8 heteroatoms. The maximum atomic E-state index is 10.3. The van der Waals surface area contributed by atoms with Crippen LogP contribution in [0.1, 0.15) is 0 Å². The van der Waals surface area contributed by atoms with Crippen LogP contribution >= 0.6 is 0 Å². The van der Waals surface area contributed by atoms with Gasteiger partial charge in [-0.05, 0) is 7.05 Å². The number of hydrogen-bond donors (Lipinski definition) is 7. The van der Waals surface area contributed by atoms with Crippen molar-refractivity contribution in [1.29, 1.82) is 0 Å². The van der Waals surface area contributed by atoms with Gasteiger partial charge in [0.1, 0.15) is 6.29 Å². The summed E-state index contributed by atoms with van der Waals surface area (Å²) in [5.41, 5.74) is 10.7. The van der Waals surface area contributed by atoms with Gasteiger partial charge in [0.2, 0.25) is 0 Å². The van der Waals surface area contributed by atoms with Crippen LogP contribution in [0.2, 0.25) is 0 Å². The second-order valence-electron chi connectivity index (χ2n) is 3.53. The van der Waals surface area contributed by atoms with Crippen molar-refractivity contribution in [2.75, 3.05) is 46.3 Å². The van der Waals surface area contributed by atoms with E-state index in [2.05, 4.69) is 26.6 Å². The van der Waals surface area contributed by atoms with Crippen molar-refractivity contribution in [3.05, 3.63) is 0 Å². The maximum Gasteiger partial charge on any atom is 0.312 e. The van der Waals surface area contributed by atoms with Crippen LogP contribution in [0, 0.1) is 0 Å². The number of carbonyl (C=O) groups excluding carboxylic acids is 1. The third-order valence-corrected chi connectivity index (χ3v) is 2.01. The first-order chi connectivity index (χ1) is 8.16. The zero-order valence-electron chi connectivity index (χ0n) is 10.4. The van der Waals surface area contributed by atoms with E-state index in [4.69, 9.17) is 11.5 Å². The highest BCUT2D eigenvalue weighted by Gasteiger charge is 1.98. The van der Waals surface area contributed by atoms with Gasteiger partial charge in [-0.3, -0.25) is 10.6 Å². The standard InChI is InChI=1S/C9H25N7O/c1-12-2-5-14-8(10)15-6-3-13-4-7-16-9(11)17/h8,12-15H,2-7,10H2,1H3,(H3,11,16,17). The molecule has 1 atom stereocenters. The third kappa shape index (κ3) is 13.0. The lowest BCUT2D eigenvalue weighted by molar-refractivity contribution is 0.249. The predicted molar refractivity (Wildman–Crippen MR) is 68.4 cm³/mol. The fourth-order valence-corrected chi connectivity index (χ4v) is 1.14. The molecule has 0 fully saturated rings. The fourth-order valence-electron chi connectivity index (χ4n) is 1.14. The van der Waals surface area contributed by atoms with Crippen LogP contribution in [0.4, 0.5) is 4.79 Å². The minimum Gasteiger partial charge on any atom is -0.352 e. The van der Waals surface area contributed by atoms with Crippen LogP contribution < -0.4 is 38.1 Å². The molecule has 0 spiro atoms. The average Bonchev–Trinajstić information content (AvgIpc) is 2.28. The van der Waals surface area contributed by atoms with E-state index >= 15 is 0 Å². The second-order valence-corrected chi connectivity index (χ2v) is 3.53. The van der Waals surface area contributed by atoms with Crippen LogP contribution in [0.3, 0.4) is 0 Å². The Morgan fingerprint density at radius 3 is 2.24 bits per heavy atom. The largest absolute Gasteiger partial charge is 0.352 e. The van der Waals surface area contributed by atoms with Gasteiger partial charge >= 0.3 is 6.03 Å². The third-order valence-electron chi connectivity index (χ3n) is 2.01. The summed E-state index contributed by atoms with van der Waals surface area (Å²) in [4.78, 5) is 10.3. The SMILES string of the molecule is CNCCNC(N)NCCNCCNC(N)=O. The molecule has 0 aliphatic carbocycles. The molecule has 0 aromatic rings. The molecule has 0 bridgehead atoms. The number of hydrogen-bond acceptors (Lipinski definition) is 6. The average molecular weight is 247 g/mol. The van der Waals surface area contributed by atoms with Crippen molar-refractivity contribution >= 4 is 6.03 Å².